The number of aromatic nitrogens is 2. The molecule has 1 rings (SSSR count). The van der Waals surface area contributed by atoms with E-state index < -0.39 is 12.1 Å². The summed E-state index contributed by atoms with van der Waals surface area (Å²) in [5, 5.41) is 17.4. The minimum atomic E-state index is -0.921. The molecule has 1 atom stereocenters. The maximum Gasteiger partial charge on any atom is 0.309 e. The second-order valence-corrected chi connectivity index (χ2v) is 2.54. The fourth-order valence-corrected chi connectivity index (χ4v) is 0.842. The summed E-state index contributed by atoms with van der Waals surface area (Å²) in [4.78, 5) is 16.7. The second-order valence-electron chi connectivity index (χ2n) is 2.54. The van der Waals surface area contributed by atoms with Gasteiger partial charge in [0.05, 0.1) is 6.42 Å². The van der Waals surface area contributed by atoms with Crippen LogP contribution in [0, 0.1) is 0 Å². The Hall–Kier alpha value is -1.36. The largest absolute Gasteiger partial charge is 0.481 e. The molecule has 0 spiro atoms. The third-order valence-corrected chi connectivity index (χ3v) is 1.39. The van der Waals surface area contributed by atoms with Gasteiger partial charge < -0.3 is 15.2 Å². The number of aliphatic hydroxyl groups is 1. The normalized spacial score (nSPS) is 12.8. The van der Waals surface area contributed by atoms with Crippen LogP contribution >= 0.6 is 0 Å². The zero-order valence-corrected chi connectivity index (χ0v) is 6.61. The molecule has 0 saturated carbocycles. The van der Waals surface area contributed by atoms with Crippen LogP contribution in [0.3, 0.4) is 0 Å². The molecule has 1 heterocycles. The summed E-state index contributed by atoms with van der Waals surface area (Å²) in [6, 6.07) is 0. The highest BCUT2D eigenvalue weighted by Gasteiger charge is 2.07. The van der Waals surface area contributed by atoms with E-state index in [0.29, 0.717) is 11.5 Å². The van der Waals surface area contributed by atoms with Crippen LogP contribution in [-0.2, 0) is 11.2 Å². The number of rotatable bonds is 3. The minimum Gasteiger partial charge on any atom is -0.481 e. The first-order valence-electron chi connectivity index (χ1n) is 3.53. The van der Waals surface area contributed by atoms with Gasteiger partial charge in [-0.2, -0.15) is 0 Å². The standard InChI is InChI=1S/C7H10N2O3/c1-4(10)7-8-3-5(9-7)2-6(11)12/h3-4,10H,2H2,1H3,(H,8,9)(H,11,12). The highest BCUT2D eigenvalue weighted by molar-refractivity contribution is 5.69. The Morgan fingerprint density at radius 2 is 2.50 bits per heavy atom. The van der Waals surface area contributed by atoms with Crippen molar-refractivity contribution in [3.63, 3.8) is 0 Å². The summed E-state index contributed by atoms with van der Waals surface area (Å²) >= 11 is 0. The average Bonchev–Trinajstić information content (AvgIpc) is 2.34. The number of hydrogen-bond donors (Lipinski definition) is 3. The van der Waals surface area contributed by atoms with Crippen molar-refractivity contribution < 1.29 is 15.0 Å². The van der Waals surface area contributed by atoms with Gasteiger partial charge in [-0.3, -0.25) is 4.79 Å². The molecule has 0 radical (unpaired) electrons. The monoisotopic (exact) mass is 170 g/mol. The van der Waals surface area contributed by atoms with Crippen LogP contribution in [0.2, 0.25) is 0 Å². The number of hydrogen-bond acceptors (Lipinski definition) is 3. The summed E-state index contributed by atoms with van der Waals surface area (Å²) in [6.07, 6.45) is 0.628. The molecule has 66 valence electrons. The van der Waals surface area contributed by atoms with Gasteiger partial charge in [0, 0.05) is 11.9 Å². The third kappa shape index (κ3) is 2.06. The molecule has 0 aliphatic rings. The summed E-state index contributed by atoms with van der Waals surface area (Å²) < 4.78 is 0. The van der Waals surface area contributed by atoms with E-state index in [-0.39, 0.29) is 6.42 Å². The SMILES string of the molecule is CC(O)c1ncc(CC(=O)O)[nH]1. The zero-order chi connectivity index (χ0) is 9.14. The number of aromatic amines is 1. The molecule has 12 heavy (non-hydrogen) atoms. The fraction of sp³-hybridized carbons (Fsp3) is 0.429. The quantitative estimate of drug-likeness (QED) is 0.600. The predicted molar refractivity (Wildman–Crippen MR) is 40.6 cm³/mol. The Kier molecular flexibility index (Phi) is 2.44. The minimum absolute atomic E-state index is 0.0975. The summed E-state index contributed by atoms with van der Waals surface area (Å²) in [5.41, 5.74) is 0.499. The summed E-state index contributed by atoms with van der Waals surface area (Å²) in [7, 11) is 0. The Balaban J connectivity index is 2.70. The topological polar surface area (TPSA) is 86.2 Å². The number of carboxylic acid groups (broad SMARTS) is 1. The average molecular weight is 170 g/mol. The molecule has 0 aromatic carbocycles. The molecule has 0 bridgehead atoms. The van der Waals surface area contributed by atoms with Gasteiger partial charge in [-0.15, -0.1) is 0 Å². The Morgan fingerprint density at radius 3 is 2.92 bits per heavy atom. The number of carbonyl (C=O) groups is 1. The lowest BCUT2D eigenvalue weighted by Crippen LogP contribution is -2.00. The van der Waals surface area contributed by atoms with Gasteiger partial charge >= 0.3 is 5.97 Å². The molecule has 0 fully saturated rings. The van der Waals surface area contributed by atoms with Crippen LogP contribution < -0.4 is 0 Å². The number of nitrogens with zero attached hydrogens (tertiary/aromatic N) is 1. The lowest BCUT2D eigenvalue weighted by atomic mass is 10.3. The van der Waals surface area contributed by atoms with Gasteiger partial charge in [-0.25, -0.2) is 4.98 Å². The van der Waals surface area contributed by atoms with E-state index in [1.54, 1.807) is 6.92 Å². The van der Waals surface area contributed by atoms with Gasteiger partial charge in [0.2, 0.25) is 0 Å². The van der Waals surface area contributed by atoms with E-state index in [4.69, 9.17) is 10.2 Å². The van der Waals surface area contributed by atoms with Gasteiger partial charge in [0.1, 0.15) is 11.9 Å². The number of nitrogens with one attached hydrogen (secondary N) is 1. The number of carboxylic acids is 1. The van der Waals surface area contributed by atoms with Crippen LogP contribution in [0.15, 0.2) is 6.20 Å². The molecule has 0 saturated heterocycles. The summed E-state index contributed by atoms with van der Waals surface area (Å²) in [6.45, 7) is 1.56. The van der Waals surface area contributed by atoms with E-state index in [1.165, 1.54) is 6.20 Å². The number of aliphatic hydroxyl groups excluding tert-OH is 1. The molecule has 1 aromatic heterocycles. The first-order chi connectivity index (χ1) is 5.59. The maximum absolute atomic E-state index is 10.2. The van der Waals surface area contributed by atoms with Crippen LogP contribution in [0.25, 0.3) is 0 Å². The molecule has 1 unspecified atom stereocenters. The number of H-pyrrole nitrogens is 1. The Morgan fingerprint density at radius 1 is 1.83 bits per heavy atom. The van der Waals surface area contributed by atoms with Gasteiger partial charge in [-0.05, 0) is 6.92 Å². The first-order valence-corrected chi connectivity index (χ1v) is 3.53. The number of imidazole rings is 1. The maximum atomic E-state index is 10.2. The molecular formula is C7H10N2O3. The smallest absolute Gasteiger partial charge is 0.309 e. The van der Waals surface area contributed by atoms with Gasteiger partial charge in [-0.1, -0.05) is 0 Å². The summed E-state index contributed by atoms with van der Waals surface area (Å²) in [5.74, 6) is -0.526. The van der Waals surface area contributed by atoms with Crippen LogP contribution in [-0.4, -0.2) is 26.2 Å². The molecular weight excluding hydrogens is 160 g/mol. The van der Waals surface area contributed by atoms with Crippen molar-refractivity contribution in [2.24, 2.45) is 0 Å². The highest BCUT2D eigenvalue weighted by atomic mass is 16.4. The van der Waals surface area contributed by atoms with E-state index in [2.05, 4.69) is 9.97 Å². The predicted octanol–water partition coefficient (Wildman–Crippen LogP) is 0.0901. The second kappa shape index (κ2) is 3.36. The van der Waals surface area contributed by atoms with Gasteiger partial charge in [0.15, 0.2) is 0 Å². The van der Waals surface area contributed by atoms with Crippen molar-refractivity contribution in [3.8, 4) is 0 Å². The van der Waals surface area contributed by atoms with E-state index in [1.807, 2.05) is 0 Å². The van der Waals surface area contributed by atoms with E-state index >= 15 is 0 Å². The molecule has 0 amide bonds. The first kappa shape index (κ1) is 8.73. The number of aliphatic carboxylic acids is 1. The van der Waals surface area contributed by atoms with Crippen LogP contribution in [0.4, 0.5) is 0 Å². The van der Waals surface area contributed by atoms with Crippen molar-refractivity contribution in [2.45, 2.75) is 19.4 Å². The molecule has 1 aromatic rings. The lowest BCUT2D eigenvalue weighted by Gasteiger charge is -1.96. The molecule has 5 heteroatoms. The molecule has 5 nitrogen and oxygen atoms in total. The zero-order valence-electron chi connectivity index (χ0n) is 6.61. The van der Waals surface area contributed by atoms with E-state index in [9.17, 15) is 4.79 Å². The van der Waals surface area contributed by atoms with Crippen molar-refractivity contribution >= 4 is 5.97 Å². The third-order valence-electron chi connectivity index (χ3n) is 1.39. The molecule has 3 N–H and O–H groups in total. The van der Waals surface area contributed by atoms with Crippen LogP contribution in [0.5, 0.6) is 0 Å². The van der Waals surface area contributed by atoms with Gasteiger partial charge in [0.25, 0.3) is 0 Å². The Labute approximate surface area is 69.1 Å². The highest BCUT2D eigenvalue weighted by Crippen LogP contribution is 2.07. The Bertz CT molecular complexity index is 280. The van der Waals surface area contributed by atoms with Crippen molar-refractivity contribution in [3.05, 3.63) is 17.7 Å². The van der Waals surface area contributed by atoms with E-state index in [0.717, 1.165) is 0 Å². The lowest BCUT2D eigenvalue weighted by molar-refractivity contribution is -0.136. The van der Waals surface area contributed by atoms with Crippen molar-refractivity contribution in [2.75, 3.05) is 0 Å². The molecule has 0 aliphatic carbocycles. The van der Waals surface area contributed by atoms with Crippen LogP contribution in [0.1, 0.15) is 24.5 Å². The fourth-order valence-electron chi connectivity index (χ4n) is 0.842. The molecule has 0 aliphatic heterocycles. The van der Waals surface area contributed by atoms with Crippen molar-refractivity contribution in [1.82, 2.24) is 9.97 Å². The van der Waals surface area contributed by atoms with Crippen molar-refractivity contribution in [1.29, 1.82) is 0 Å².